The number of nitrogens with zero attached hydrogens (tertiary/aromatic N) is 1. The highest BCUT2D eigenvalue weighted by Gasteiger charge is 2.53. The van der Waals surface area contributed by atoms with Gasteiger partial charge in [0.25, 0.3) is 0 Å². The van der Waals surface area contributed by atoms with Gasteiger partial charge in [-0.25, -0.2) is 4.79 Å². The minimum absolute atomic E-state index is 0.218. The van der Waals surface area contributed by atoms with Crippen LogP contribution in [0, 0.1) is 0 Å². The first-order valence-corrected chi connectivity index (χ1v) is 10.8. The van der Waals surface area contributed by atoms with Crippen molar-refractivity contribution in [1.29, 1.82) is 0 Å². The predicted octanol–water partition coefficient (Wildman–Crippen LogP) is 5.35. The van der Waals surface area contributed by atoms with Crippen molar-refractivity contribution in [2.24, 2.45) is 0 Å². The van der Waals surface area contributed by atoms with Crippen LogP contribution in [0.25, 0.3) is 0 Å². The molecule has 1 saturated heterocycles. The van der Waals surface area contributed by atoms with Gasteiger partial charge in [0.2, 0.25) is 5.54 Å². The second-order valence-corrected chi connectivity index (χ2v) is 7.81. The molecule has 0 aromatic rings. The van der Waals surface area contributed by atoms with Crippen LogP contribution in [0.3, 0.4) is 0 Å². The average Bonchev–Trinajstić information content (AvgIpc) is 3.01. The van der Waals surface area contributed by atoms with E-state index in [-0.39, 0.29) is 25.2 Å². The highest BCUT2D eigenvalue weighted by atomic mass is 16.5. The molecule has 5 heteroatoms. The Bertz CT molecular complexity index is 413. The summed E-state index contributed by atoms with van der Waals surface area (Å²) in [5, 5.41) is 19.9. The topological polar surface area (TPSA) is 77.8 Å². The lowest BCUT2D eigenvalue weighted by molar-refractivity contribution is -0.187. The molecule has 0 aromatic heterocycles. The van der Waals surface area contributed by atoms with Crippen LogP contribution < -0.4 is 0 Å². The molecule has 2 N–H and O–H groups in total. The monoisotopic (exact) mass is 369 g/mol. The third-order valence-electron chi connectivity index (χ3n) is 5.67. The maximum absolute atomic E-state index is 12.3. The number of carboxylic acids is 1. The van der Waals surface area contributed by atoms with E-state index in [1.807, 2.05) is 0 Å². The maximum Gasteiger partial charge on any atom is 0.334 e. The molecule has 1 rings (SSSR count). The third-order valence-corrected chi connectivity index (χ3v) is 5.67. The van der Waals surface area contributed by atoms with Gasteiger partial charge in [-0.05, 0) is 19.3 Å². The molecule has 5 nitrogen and oxygen atoms in total. The fourth-order valence-corrected chi connectivity index (χ4v) is 3.93. The summed E-state index contributed by atoms with van der Waals surface area (Å²) in [6, 6.07) is 0. The lowest BCUT2D eigenvalue weighted by atomic mass is 9.88. The number of ketones is 1. The van der Waals surface area contributed by atoms with Gasteiger partial charge in [-0.1, -0.05) is 84.0 Å². The number of aliphatic carboxylic acids is 1. The second kappa shape index (κ2) is 13.3. The molecule has 0 amide bonds. The third kappa shape index (κ3) is 7.36. The predicted molar refractivity (Wildman–Crippen MR) is 103 cm³/mol. The summed E-state index contributed by atoms with van der Waals surface area (Å²) in [7, 11) is 0. The molecule has 0 aromatic carbocycles. The molecule has 1 atom stereocenters. The summed E-state index contributed by atoms with van der Waals surface area (Å²) in [6.07, 6.45) is 17.0. The lowest BCUT2D eigenvalue weighted by Crippen LogP contribution is -2.55. The SMILES string of the molecule is CCCCCCCCCCCCCCCC(=O)[C@@]1(C(=O)O)CCCN1O. The van der Waals surface area contributed by atoms with E-state index in [1.165, 1.54) is 64.2 Å². The number of hydrogen-bond donors (Lipinski definition) is 2. The molecule has 1 heterocycles. The molecule has 1 aliphatic rings. The van der Waals surface area contributed by atoms with Gasteiger partial charge in [-0.2, -0.15) is 5.06 Å². The Labute approximate surface area is 159 Å². The van der Waals surface area contributed by atoms with Gasteiger partial charge in [0, 0.05) is 13.0 Å². The molecular formula is C21H39NO4. The van der Waals surface area contributed by atoms with E-state index in [1.54, 1.807) is 0 Å². The summed E-state index contributed by atoms with van der Waals surface area (Å²) >= 11 is 0. The number of Topliss-reactive ketones (excluding diaryl/α,β-unsaturated/α-hetero) is 1. The molecule has 0 unspecified atom stereocenters. The van der Waals surface area contributed by atoms with Crippen LogP contribution in [0.15, 0.2) is 0 Å². The number of carbonyl (C=O) groups is 2. The first-order chi connectivity index (χ1) is 12.6. The van der Waals surface area contributed by atoms with Crippen LogP contribution in [-0.4, -0.2) is 39.2 Å². The molecule has 0 radical (unpaired) electrons. The zero-order valence-electron chi connectivity index (χ0n) is 16.7. The summed E-state index contributed by atoms with van der Waals surface area (Å²) < 4.78 is 0. The van der Waals surface area contributed by atoms with Crippen molar-refractivity contribution < 1.29 is 19.9 Å². The Morgan fingerprint density at radius 2 is 1.31 bits per heavy atom. The van der Waals surface area contributed by atoms with Gasteiger partial charge in [0.05, 0.1) is 0 Å². The van der Waals surface area contributed by atoms with Crippen molar-refractivity contribution in [1.82, 2.24) is 5.06 Å². The van der Waals surface area contributed by atoms with Crippen LogP contribution in [0.2, 0.25) is 0 Å². The van der Waals surface area contributed by atoms with E-state index in [0.717, 1.165) is 24.3 Å². The van der Waals surface area contributed by atoms with Crippen LogP contribution in [0.1, 0.15) is 110 Å². The molecule has 0 aliphatic carbocycles. The summed E-state index contributed by atoms with van der Waals surface area (Å²) in [5.74, 6) is -1.55. The minimum atomic E-state index is -1.68. The molecule has 0 saturated carbocycles. The molecule has 26 heavy (non-hydrogen) atoms. The Hall–Kier alpha value is -0.940. The van der Waals surface area contributed by atoms with E-state index in [2.05, 4.69) is 6.92 Å². The normalized spacial score (nSPS) is 20.5. The molecular weight excluding hydrogens is 330 g/mol. The van der Waals surface area contributed by atoms with Crippen molar-refractivity contribution in [3.8, 4) is 0 Å². The highest BCUT2D eigenvalue weighted by Crippen LogP contribution is 2.30. The van der Waals surface area contributed by atoms with Gasteiger partial charge in [0.1, 0.15) is 0 Å². The largest absolute Gasteiger partial charge is 0.479 e. The van der Waals surface area contributed by atoms with Crippen LogP contribution >= 0.6 is 0 Å². The number of carbonyl (C=O) groups excluding carboxylic acids is 1. The van der Waals surface area contributed by atoms with Crippen LogP contribution in [0.4, 0.5) is 0 Å². The second-order valence-electron chi connectivity index (χ2n) is 7.81. The molecule has 1 fully saturated rings. The summed E-state index contributed by atoms with van der Waals surface area (Å²) in [6.45, 7) is 2.51. The first-order valence-electron chi connectivity index (χ1n) is 10.8. The lowest BCUT2D eigenvalue weighted by Gasteiger charge is -2.28. The molecule has 0 bridgehead atoms. The quantitative estimate of drug-likeness (QED) is 0.283. The molecule has 152 valence electrons. The van der Waals surface area contributed by atoms with Crippen molar-refractivity contribution in [2.75, 3.05) is 6.54 Å². The van der Waals surface area contributed by atoms with Crippen molar-refractivity contribution in [2.45, 2.75) is 115 Å². The zero-order valence-corrected chi connectivity index (χ0v) is 16.7. The van der Waals surface area contributed by atoms with Gasteiger partial charge >= 0.3 is 5.97 Å². The van der Waals surface area contributed by atoms with E-state index >= 15 is 0 Å². The Morgan fingerprint density at radius 1 is 0.846 bits per heavy atom. The Morgan fingerprint density at radius 3 is 1.69 bits per heavy atom. The molecule has 1 aliphatic heterocycles. The minimum Gasteiger partial charge on any atom is -0.479 e. The Kier molecular flexibility index (Phi) is 11.8. The number of hydroxylamine groups is 2. The fraction of sp³-hybridized carbons (Fsp3) is 0.905. The number of carboxylic acid groups (broad SMARTS) is 1. The van der Waals surface area contributed by atoms with E-state index in [0.29, 0.717) is 6.42 Å². The highest BCUT2D eigenvalue weighted by molar-refractivity contribution is 6.07. The van der Waals surface area contributed by atoms with Gasteiger partial charge in [0.15, 0.2) is 5.78 Å². The van der Waals surface area contributed by atoms with E-state index in [4.69, 9.17) is 0 Å². The number of unbranched alkanes of at least 4 members (excludes halogenated alkanes) is 12. The van der Waals surface area contributed by atoms with Crippen LogP contribution in [0.5, 0.6) is 0 Å². The van der Waals surface area contributed by atoms with Gasteiger partial charge < -0.3 is 10.3 Å². The van der Waals surface area contributed by atoms with Crippen molar-refractivity contribution in [3.05, 3.63) is 0 Å². The number of rotatable bonds is 16. The van der Waals surface area contributed by atoms with Crippen molar-refractivity contribution in [3.63, 3.8) is 0 Å². The number of hydrogen-bond acceptors (Lipinski definition) is 4. The zero-order chi connectivity index (χ0) is 19.3. The standard InChI is InChI=1S/C21H39NO4/c1-2-3-4-5-6-7-8-9-10-11-12-13-14-16-19(23)21(20(24)25)17-15-18-22(21)26/h26H,2-18H2,1H3,(H,24,25)/t21-/m1/s1. The van der Waals surface area contributed by atoms with E-state index in [9.17, 15) is 19.9 Å². The molecule has 0 spiro atoms. The van der Waals surface area contributed by atoms with E-state index < -0.39 is 11.5 Å². The Balaban J connectivity index is 2.00. The maximum atomic E-state index is 12.3. The van der Waals surface area contributed by atoms with Crippen molar-refractivity contribution >= 4 is 11.8 Å². The van der Waals surface area contributed by atoms with Gasteiger partial charge in [-0.3, -0.25) is 4.79 Å². The summed E-state index contributed by atoms with van der Waals surface area (Å²) in [4.78, 5) is 23.8. The van der Waals surface area contributed by atoms with Gasteiger partial charge in [-0.15, -0.1) is 0 Å². The smallest absolute Gasteiger partial charge is 0.334 e. The average molecular weight is 370 g/mol. The van der Waals surface area contributed by atoms with Crippen LogP contribution in [-0.2, 0) is 9.59 Å². The first kappa shape index (κ1) is 23.1. The fourth-order valence-electron chi connectivity index (χ4n) is 3.93. The summed E-state index contributed by atoms with van der Waals surface area (Å²) in [5.41, 5.74) is -1.68.